The normalized spacial score (nSPS) is 16.4. The van der Waals surface area contributed by atoms with Gasteiger partial charge in [-0.15, -0.1) is 11.3 Å². The van der Waals surface area contributed by atoms with Crippen molar-refractivity contribution in [1.29, 1.82) is 0 Å². The Hall–Kier alpha value is -3.39. The SMILES string of the molecule is CC(C)(C)OC(=O)N1CCN(C(=O)c2cccs2)C(C(=O)NCc2ccc3ccccc3c2)C1. The van der Waals surface area contributed by atoms with Crippen LogP contribution in [0, 0.1) is 0 Å². The fourth-order valence-corrected chi connectivity index (χ4v) is 4.62. The molecule has 7 nitrogen and oxygen atoms in total. The molecule has 1 N–H and O–H groups in total. The predicted octanol–water partition coefficient (Wildman–Crippen LogP) is 4.28. The molecule has 1 saturated heterocycles. The highest BCUT2D eigenvalue weighted by atomic mass is 32.1. The van der Waals surface area contributed by atoms with Gasteiger partial charge in [-0.25, -0.2) is 4.79 Å². The molecule has 4 rings (SSSR count). The summed E-state index contributed by atoms with van der Waals surface area (Å²) in [5.41, 5.74) is 0.317. The molecule has 1 unspecified atom stereocenters. The van der Waals surface area contributed by atoms with Gasteiger partial charge in [0.2, 0.25) is 5.91 Å². The standard InChI is InChI=1S/C26H29N3O4S/c1-26(2,3)33-25(32)28-12-13-29(24(31)22-9-6-14-34-22)21(17-28)23(30)27-16-18-10-11-19-7-4-5-8-20(19)15-18/h4-11,14-15,21H,12-13,16-17H2,1-3H3,(H,27,30). The number of nitrogens with zero attached hydrogens (tertiary/aromatic N) is 2. The van der Waals surface area contributed by atoms with E-state index in [-0.39, 0.29) is 24.9 Å². The van der Waals surface area contributed by atoms with Crippen molar-refractivity contribution in [2.75, 3.05) is 19.6 Å². The molecule has 34 heavy (non-hydrogen) atoms. The van der Waals surface area contributed by atoms with E-state index in [0.29, 0.717) is 18.0 Å². The van der Waals surface area contributed by atoms with Crippen LogP contribution in [0.4, 0.5) is 4.79 Å². The first-order valence-corrected chi connectivity index (χ1v) is 12.2. The van der Waals surface area contributed by atoms with Gasteiger partial charge in [-0.2, -0.15) is 0 Å². The van der Waals surface area contributed by atoms with Gasteiger partial charge in [-0.1, -0.05) is 42.5 Å². The van der Waals surface area contributed by atoms with Crippen LogP contribution in [0.3, 0.4) is 0 Å². The summed E-state index contributed by atoms with van der Waals surface area (Å²) in [6.07, 6.45) is -0.483. The molecule has 1 atom stereocenters. The molecule has 3 aromatic rings. The maximum Gasteiger partial charge on any atom is 0.410 e. The lowest BCUT2D eigenvalue weighted by molar-refractivity contribution is -0.127. The number of benzene rings is 2. The average molecular weight is 480 g/mol. The Bertz CT molecular complexity index is 1190. The average Bonchev–Trinajstić information content (AvgIpc) is 3.35. The summed E-state index contributed by atoms with van der Waals surface area (Å²) in [6, 6.07) is 16.8. The van der Waals surface area contributed by atoms with Gasteiger partial charge in [-0.3, -0.25) is 9.59 Å². The van der Waals surface area contributed by atoms with E-state index in [1.165, 1.54) is 16.2 Å². The third-order valence-electron chi connectivity index (χ3n) is 5.61. The number of ether oxygens (including phenoxy) is 1. The highest BCUT2D eigenvalue weighted by Crippen LogP contribution is 2.20. The monoisotopic (exact) mass is 479 g/mol. The van der Waals surface area contributed by atoms with Crippen LogP contribution in [0.25, 0.3) is 10.8 Å². The van der Waals surface area contributed by atoms with Crippen molar-refractivity contribution in [3.05, 3.63) is 70.4 Å². The Morgan fingerprint density at radius 3 is 2.50 bits per heavy atom. The van der Waals surface area contributed by atoms with Crippen LogP contribution < -0.4 is 5.32 Å². The lowest BCUT2D eigenvalue weighted by atomic mass is 10.1. The number of rotatable bonds is 4. The largest absolute Gasteiger partial charge is 0.444 e. The predicted molar refractivity (Wildman–Crippen MR) is 133 cm³/mol. The zero-order valence-corrected chi connectivity index (χ0v) is 20.4. The van der Waals surface area contributed by atoms with Crippen LogP contribution in [0.2, 0.25) is 0 Å². The van der Waals surface area contributed by atoms with Crippen molar-refractivity contribution in [1.82, 2.24) is 15.1 Å². The molecule has 0 spiro atoms. The van der Waals surface area contributed by atoms with Crippen molar-refractivity contribution in [2.45, 2.75) is 39.0 Å². The molecule has 0 bridgehead atoms. The molecule has 2 heterocycles. The van der Waals surface area contributed by atoms with Crippen LogP contribution >= 0.6 is 11.3 Å². The zero-order chi connectivity index (χ0) is 24.3. The Balaban J connectivity index is 1.50. The first kappa shape index (κ1) is 23.8. The second-order valence-electron chi connectivity index (χ2n) is 9.32. The smallest absolute Gasteiger partial charge is 0.410 e. The third kappa shape index (κ3) is 5.56. The van der Waals surface area contributed by atoms with E-state index in [1.807, 2.05) is 53.9 Å². The number of carbonyl (C=O) groups excluding carboxylic acids is 3. The molecule has 1 aromatic heterocycles. The highest BCUT2D eigenvalue weighted by molar-refractivity contribution is 7.12. The first-order valence-electron chi connectivity index (χ1n) is 11.3. The third-order valence-corrected chi connectivity index (χ3v) is 6.47. The molecule has 0 radical (unpaired) electrons. The van der Waals surface area contributed by atoms with Gasteiger partial charge in [0.25, 0.3) is 5.91 Å². The minimum absolute atomic E-state index is 0.0790. The molecule has 1 aliphatic heterocycles. The van der Waals surface area contributed by atoms with Crippen LogP contribution in [0.15, 0.2) is 60.0 Å². The molecule has 8 heteroatoms. The molecule has 0 saturated carbocycles. The van der Waals surface area contributed by atoms with Gasteiger partial charge in [0.05, 0.1) is 11.4 Å². The van der Waals surface area contributed by atoms with E-state index in [0.717, 1.165) is 16.3 Å². The van der Waals surface area contributed by atoms with Crippen molar-refractivity contribution < 1.29 is 19.1 Å². The lowest BCUT2D eigenvalue weighted by Crippen LogP contribution is -2.61. The molecule has 1 aliphatic rings. The topological polar surface area (TPSA) is 79.0 Å². The summed E-state index contributed by atoms with van der Waals surface area (Å²) in [5, 5.41) is 7.02. The molecular weight excluding hydrogens is 450 g/mol. The quantitative estimate of drug-likeness (QED) is 0.606. The van der Waals surface area contributed by atoms with Crippen molar-refractivity contribution in [2.24, 2.45) is 0 Å². The molecule has 3 amide bonds. The maximum atomic E-state index is 13.3. The number of fused-ring (bicyclic) bond motifs is 1. The maximum absolute atomic E-state index is 13.3. The summed E-state index contributed by atoms with van der Waals surface area (Å²) < 4.78 is 5.50. The number of thiophene rings is 1. The molecular formula is C26H29N3O4S. The number of nitrogens with one attached hydrogen (secondary N) is 1. The Morgan fingerprint density at radius 1 is 1.03 bits per heavy atom. The number of piperazine rings is 1. The molecule has 0 aliphatic carbocycles. The van der Waals surface area contributed by atoms with Gasteiger partial charge in [0, 0.05) is 19.6 Å². The van der Waals surface area contributed by atoms with Crippen molar-refractivity contribution in [3.63, 3.8) is 0 Å². The molecule has 178 valence electrons. The summed E-state index contributed by atoms with van der Waals surface area (Å²) >= 11 is 1.34. The zero-order valence-electron chi connectivity index (χ0n) is 19.6. The van der Waals surface area contributed by atoms with Crippen LogP contribution in [-0.2, 0) is 16.1 Å². The van der Waals surface area contributed by atoms with Gasteiger partial charge < -0.3 is 19.9 Å². The van der Waals surface area contributed by atoms with E-state index >= 15 is 0 Å². The van der Waals surface area contributed by atoms with E-state index in [9.17, 15) is 14.4 Å². The number of hydrogen-bond acceptors (Lipinski definition) is 5. The second-order valence-corrected chi connectivity index (χ2v) is 10.3. The van der Waals surface area contributed by atoms with Crippen LogP contribution in [-0.4, -0.2) is 59.0 Å². The fraction of sp³-hybridized carbons (Fsp3) is 0.346. The van der Waals surface area contributed by atoms with Crippen molar-refractivity contribution >= 4 is 40.0 Å². The summed E-state index contributed by atoms with van der Waals surface area (Å²) in [4.78, 5) is 42.7. The summed E-state index contributed by atoms with van der Waals surface area (Å²) in [7, 11) is 0. The Labute approximate surface area is 203 Å². The van der Waals surface area contributed by atoms with E-state index < -0.39 is 17.7 Å². The second kappa shape index (κ2) is 9.85. The fourth-order valence-electron chi connectivity index (χ4n) is 3.94. The van der Waals surface area contributed by atoms with E-state index in [1.54, 1.807) is 31.7 Å². The summed E-state index contributed by atoms with van der Waals surface area (Å²) in [6.45, 7) is 6.37. The van der Waals surface area contributed by atoms with Gasteiger partial charge in [0.1, 0.15) is 11.6 Å². The number of amides is 3. The molecule has 2 aromatic carbocycles. The highest BCUT2D eigenvalue weighted by Gasteiger charge is 2.38. The van der Waals surface area contributed by atoms with E-state index in [4.69, 9.17) is 4.74 Å². The number of carbonyl (C=O) groups is 3. The van der Waals surface area contributed by atoms with Crippen LogP contribution in [0.1, 0.15) is 36.0 Å². The Kier molecular flexibility index (Phi) is 6.88. The van der Waals surface area contributed by atoms with Crippen molar-refractivity contribution in [3.8, 4) is 0 Å². The van der Waals surface area contributed by atoms with Gasteiger partial charge in [-0.05, 0) is 54.6 Å². The summed E-state index contributed by atoms with van der Waals surface area (Å²) in [5.74, 6) is -0.504. The lowest BCUT2D eigenvalue weighted by Gasteiger charge is -2.40. The van der Waals surface area contributed by atoms with Gasteiger partial charge >= 0.3 is 6.09 Å². The minimum Gasteiger partial charge on any atom is -0.444 e. The number of hydrogen-bond donors (Lipinski definition) is 1. The molecule has 1 fully saturated rings. The van der Waals surface area contributed by atoms with E-state index in [2.05, 4.69) is 5.32 Å². The first-order chi connectivity index (χ1) is 16.2. The Morgan fingerprint density at radius 2 is 1.79 bits per heavy atom. The van der Waals surface area contributed by atoms with Gasteiger partial charge in [0.15, 0.2) is 0 Å². The van der Waals surface area contributed by atoms with Crippen LogP contribution in [0.5, 0.6) is 0 Å². The minimum atomic E-state index is -0.809.